The van der Waals surface area contributed by atoms with Crippen LogP contribution in [0.4, 0.5) is 0 Å². The minimum absolute atomic E-state index is 0.445. The van der Waals surface area contributed by atoms with Gasteiger partial charge in [-0.25, -0.2) is 0 Å². The predicted octanol–water partition coefficient (Wildman–Crippen LogP) is 3.07. The van der Waals surface area contributed by atoms with E-state index in [1.165, 1.54) is 30.5 Å². The normalized spacial score (nSPS) is 14.9. The van der Waals surface area contributed by atoms with Crippen LogP contribution in [-0.2, 0) is 13.5 Å². The zero-order valence-corrected chi connectivity index (χ0v) is 12.0. The van der Waals surface area contributed by atoms with Crippen LogP contribution >= 0.6 is 0 Å². The summed E-state index contributed by atoms with van der Waals surface area (Å²) in [6.07, 6.45) is 6.95. The molecule has 2 atom stereocenters. The Hall–Kier alpha value is -0.830. The first-order valence-electron chi connectivity index (χ1n) is 6.81. The molecule has 0 aliphatic rings. The maximum absolute atomic E-state index is 4.53. The SMILES string of the molecule is CCCC(C)CC(NC)c1cn(C)nc1CC. The summed E-state index contributed by atoms with van der Waals surface area (Å²) in [5.74, 6) is 0.766. The number of aromatic nitrogens is 2. The van der Waals surface area contributed by atoms with Gasteiger partial charge in [0.15, 0.2) is 0 Å². The molecular weight excluding hydrogens is 210 g/mol. The molecule has 0 radical (unpaired) electrons. The lowest BCUT2D eigenvalue weighted by Crippen LogP contribution is -2.19. The van der Waals surface area contributed by atoms with Gasteiger partial charge >= 0.3 is 0 Å². The van der Waals surface area contributed by atoms with E-state index in [4.69, 9.17) is 0 Å². The Balaban J connectivity index is 2.78. The quantitative estimate of drug-likeness (QED) is 0.790. The van der Waals surface area contributed by atoms with E-state index >= 15 is 0 Å². The van der Waals surface area contributed by atoms with Crippen molar-refractivity contribution in [2.24, 2.45) is 13.0 Å². The Kier molecular flexibility index (Phi) is 5.69. The molecule has 0 aromatic carbocycles. The van der Waals surface area contributed by atoms with Crippen LogP contribution in [0.5, 0.6) is 0 Å². The molecule has 0 amide bonds. The summed E-state index contributed by atoms with van der Waals surface area (Å²) in [4.78, 5) is 0. The fourth-order valence-electron chi connectivity index (χ4n) is 2.53. The molecule has 0 saturated carbocycles. The van der Waals surface area contributed by atoms with Crippen molar-refractivity contribution in [1.82, 2.24) is 15.1 Å². The Morgan fingerprint density at radius 3 is 2.65 bits per heavy atom. The summed E-state index contributed by atoms with van der Waals surface area (Å²) in [5, 5.41) is 7.97. The molecule has 0 aliphatic heterocycles. The van der Waals surface area contributed by atoms with E-state index in [2.05, 4.69) is 44.4 Å². The minimum atomic E-state index is 0.445. The van der Waals surface area contributed by atoms with Crippen LogP contribution in [0.25, 0.3) is 0 Å². The van der Waals surface area contributed by atoms with Gasteiger partial charge < -0.3 is 5.32 Å². The molecule has 3 nitrogen and oxygen atoms in total. The van der Waals surface area contributed by atoms with Crippen molar-refractivity contribution in [1.29, 1.82) is 0 Å². The van der Waals surface area contributed by atoms with Crippen molar-refractivity contribution in [3.8, 4) is 0 Å². The highest BCUT2D eigenvalue weighted by molar-refractivity contribution is 5.21. The predicted molar refractivity (Wildman–Crippen MR) is 73.1 cm³/mol. The van der Waals surface area contributed by atoms with Gasteiger partial charge in [0.25, 0.3) is 0 Å². The number of hydrogen-bond acceptors (Lipinski definition) is 2. The van der Waals surface area contributed by atoms with Crippen LogP contribution in [0.2, 0.25) is 0 Å². The summed E-state index contributed by atoms with van der Waals surface area (Å²) in [7, 11) is 4.06. The Morgan fingerprint density at radius 1 is 1.41 bits per heavy atom. The maximum atomic E-state index is 4.53. The molecule has 1 aromatic heterocycles. The summed E-state index contributed by atoms with van der Waals surface area (Å²) in [6, 6.07) is 0.445. The highest BCUT2D eigenvalue weighted by atomic mass is 15.3. The molecule has 2 unspecified atom stereocenters. The Bertz CT molecular complexity index is 330. The third-order valence-corrected chi connectivity index (χ3v) is 3.42. The monoisotopic (exact) mass is 237 g/mol. The number of nitrogens with one attached hydrogen (secondary N) is 1. The first-order valence-corrected chi connectivity index (χ1v) is 6.81. The van der Waals surface area contributed by atoms with Crippen molar-refractivity contribution in [3.63, 3.8) is 0 Å². The van der Waals surface area contributed by atoms with E-state index in [0.29, 0.717) is 6.04 Å². The third kappa shape index (κ3) is 3.84. The first-order chi connectivity index (χ1) is 8.12. The second-order valence-corrected chi connectivity index (χ2v) is 5.03. The van der Waals surface area contributed by atoms with Crippen LogP contribution in [0.15, 0.2) is 6.20 Å². The highest BCUT2D eigenvalue weighted by Gasteiger charge is 2.18. The smallest absolute Gasteiger partial charge is 0.0669 e. The van der Waals surface area contributed by atoms with Crippen LogP contribution in [0.3, 0.4) is 0 Å². The molecule has 0 spiro atoms. The second-order valence-electron chi connectivity index (χ2n) is 5.03. The molecule has 1 aromatic rings. The lowest BCUT2D eigenvalue weighted by atomic mass is 9.93. The average molecular weight is 237 g/mol. The van der Waals surface area contributed by atoms with Gasteiger partial charge in [0.2, 0.25) is 0 Å². The molecule has 3 heteroatoms. The van der Waals surface area contributed by atoms with E-state index in [1.54, 1.807) is 0 Å². The van der Waals surface area contributed by atoms with Crippen molar-refractivity contribution in [3.05, 3.63) is 17.5 Å². The molecule has 17 heavy (non-hydrogen) atoms. The van der Waals surface area contributed by atoms with Crippen LogP contribution in [0.1, 0.15) is 57.3 Å². The summed E-state index contributed by atoms with van der Waals surface area (Å²) in [6.45, 7) is 6.77. The molecule has 0 bridgehead atoms. The van der Waals surface area contributed by atoms with Crippen molar-refractivity contribution >= 4 is 0 Å². The van der Waals surface area contributed by atoms with E-state index in [-0.39, 0.29) is 0 Å². The Labute approximate surface area is 106 Å². The van der Waals surface area contributed by atoms with Crippen LogP contribution < -0.4 is 5.32 Å². The van der Waals surface area contributed by atoms with E-state index in [9.17, 15) is 0 Å². The standard InChI is InChI=1S/C14H27N3/c1-6-8-11(3)9-14(15-4)12-10-17(5)16-13(12)7-2/h10-11,14-15H,6-9H2,1-5H3. The van der Waals surface area contributed by atoms with Gasteiger partial charge in [-0.1, -0.05) is 33.6 Å². The molecule has 1 N–H and O–H groups in total. The molecule has 0 aliphatic carbocycles. The third-order valence-electron chi connectivity index (χ3n) is 3.42. The molecule has 1 rings (SSSR count). The van der Waals surface area contributed by atoms with Crippen molar-refractivity contribution in [2.45, 2.75) is 52.5 Å². The summed E-state index contributed by atoms with van der Waals surface area (Å²) >= 11 is 0. The number of aryl methyl sites for hydroxylation is 2. The first kappa shape index (κ1) is 14.2. The van der Waals surface area contributed by atoms with E-state index < -0.39 is 0 Å². The zero-order valence-electron chi connectivity index (χ0n) is 12.0. The fourth-order valence-corrected chi connectivity index (χ4v) is 2.53. The maximum Gasteiger partial charge on any atom is 0.0669 e. The van der Waals surface area contributed by atoms with E-state index in [1.807, 2.05) is 11.7 Å². The van der Waals surface area contributed by atoms with Crippen molar-refractivity contribution < 1.29 is 0 Å². The van der Waals surface area contributed by atoms with Crippen LogP contribution in [-0.4, -0.2) is 16.8 Å². The molecule has 98 valence electrons. The van der Waals surface area contributed by atoms with Gasteiger partial charge in [-0.3, -0.25) is 4.68 Å². The number of rotatable bonds is 7. The van der Waals surface area contributed by atoms with Gasteiger partial charge in [0.1, 0.15) is 0 Å². The van der Waals surface area contributed by atoms with Crippen LogP contribution in [0, 0.1) is 5.92 Å². The molecule has 0 saturated heterocycles. The van der Waals surface area contributed by atoms with Gasteiger partial charge in [-0.15, -0.1) is 0 Å². The summed E-state index contributed by atoms with van der Waals surface area (Å²) < 4.78 is 1.93. The highest BCUT2D eigenvalue weighted by Crippen LogP contribution is 2.25. The van der Waals surface area contributed by atoms with Gasteiger partial charge in [-0.2, -0.15) is 5.10 Å². The fraction of sp³-hybridized carbons (Fsp3) is 0.786. The molecule has 0 fully saturated rings. The number of hydrogen-bond donors (Lipinski definition) is 1. The number of nitrogens with zero attached hydrogens (tertiary/aromatic N) is 2. The zero-order chi connectivity index (χ0) is 12.8. The van der Waals surface area contributed by atoms with Crippen molar-refractivity contribution in [2.75, 3.05) is 7.05 Å². The molecule has 1 heterocycles. The summed E-state index contributed by atoms with van der Waals surface area (Å²) in [5.41, 5.74) is 2.61. The topological polar surface area (TPSA) is 29.9 Å². The lowest BCUT2D eigenvalue weighted by Gasteiger charge is -2.20. The Morgan fingerprint density at radius 2 is 2.12 bits per heavy atom. The minimum Gasteiger partial charge on any atom is -0.313 e. The second kappa shape index (κ2) is 6.80. The van der Waals surface area contributed by atoms with E-state index in [0.717, 1.165) is 12.3 Å². The van der Waals surface area contributed by atoms with Gasteiger partial charge in [0.05, 0.1) is 5.69 Å². The lowest BCUT2D eigenvalue weighted by molar-refractivity contribution is 0.405. The van der Waals surface area contributed by atoms with Gasteiger partial charge in [-0.05, 0) is 25.8 Å². The largest absolute Gasteiger partial charge is 0.313 e. The average Bonchev–Trinajstić information content (AvgIpc) is 2.67. The molecular formula is C14H27N3. The van der Waals surface area contributed by atoms with Gasteiger partial charge in [0, 0.05) is 24.8 Å².